The van der Waals surface area contributed by atoms with Crippen molar-refractivity contribution in [2.45, 2.75) is 246 Å². The summed E-state index contributed by atoms with van der Waals surface area (Å²) in [5.41, 5.74) is 52.2. The molecule has 0 aliphatic carbocycles. The van der Waals surface area contributed by atoms with Crippen molar-refractivity contribution in [1.29, 1.82) is 0 Å². The van der Waals surface area contributed by atoms with Crippen molar-refractivity contribution < 1.29 is 231 Å². The molecule has 30 aliphatic rings. The van der Waals surface area contributed by atoms with Gasteiger partial charge in [0.2, 0.25) is 0 Å². The molecule has 24 N–H and O–H groups in total. The Morgan fingerprint density at radius 3 is 0.344 bits per heavy atom. The molecule has 0 unspecified atom stereocenters. The zero-order valence-corrected chi connectivity index (χ0v) is 70.9. The van der Waals surface area contributed by atoms with E-state index in [9.17, 15) is 79.2 Å². The van der Waals surface area contributed by atoms with Gasteiger partial charge in [0, 0.05) is 109 Å². The Kier molecular flexibility index (Phi) is 41.7. The summed E-state index contributed by atoms with van der Waals surface area (Å²) in [4.78, 5) is 101. The number of aliphatic carboxylic acids is 8. The van der Waals surface area contributed by atoms with Crippen LogP contribution in [0.25, 0.3) is 0 Å². The Balaban J connectivity index is 1.20. The maximum atomic E-state index is 12.6. The SMILES string of the molecule is CO[C@@H]1[C@@H](OCC(=O)O)[C@H]2O[C@H]3[C@H](OC)[C@@H](OCC(=O)O)[C@@H](O[C@H]4[C@@H](OC)[C@@H](OCC(=O)O)[C@@H](O[C@H]5[C@@H](OC)[C@@H](OCC(=O)O)[C@@H](O[C@H]6[C@@H](OC)[C@@H](OCC(=O)O)[C@@H](O[C@H]7[C@@H](OC)[C@@H](OCC(=O)O)[C@@H](O[C@H]8[C@H](OC)[C@@H](OCC(=O)O)[C@@H](O[C@H]9[C@H](OC)[C@@H](OCC(=O)O)[C@@H](O[C@@H]1[C@@H](CN)O2)O[C@@H]9CN)O[C@@H]8CN)O[C@@H]7CN)O[C@@H]6CN)O[C@@H]5CN)O[C@@H]4CN)O[C@@H]3CN. The molecule has 0 spiro atoms. The summed E-state index contributed by atoms with van der Waals surface area (Å²) in [6.07, 6.45) is -67.2. The minimum Gasteiger partial charge on any atom is -0.480 e. The Labute approximate surface area is 730 Å². The van der Waals surface area contributed by atoms with Crippen LogP contribution in [0.5, 0.6) is 0 Å². The fourth-order valence-corrected chi connectivity index (χ4v) is 16.9. The van der Waals surface area contributed by atoms with Gasteiger partial charge in [-0.3, -0.25) is 0 Å². The lowest BCUT2D eigenvalue weighted by Gasteiger charge is -2.53. The van der Waals surface area contributed by atoms with Crippen molar-refractivity contribution in [2.24, 2.45) is 45.9 Å². The summed E-state index contributed by atoms with van der Waals surface area (Å²) in [6, 6.07) is 0. The van der Waals surface area contributed by atoms with E-state index in [0.717, 1.165) is 56.9 Å². The number of carboxylic acids is 8. The lowest BCUT2D eigenvalue weighted by molar-refractivity contribution is -0.406. The summed E-state index contributed by atoms with van der Waals surface area (Å²) in [5.74, 6) is -12.4. The van der Waals surface area contributed by atoms with E-state index in [1.165, 1.54) is 0 Å². The number of hydrogen-bond donors (Lipinski definition) is 16. The van der Waals surface area contributed by atoms with Gasteiger partial charge in [-0.05, 0) is 0 Å². The molecule has 0 saturated carbocycles. The Morgan fingerprint density at radius 1 is 0.180 bits per heavy atom. The van der Waals surface area contributed by atoms with Gasteiger partial charge >= 0.3 is 47.8 Å². The van der Waals surface area contributed by atoms with Gasteiger partial charge < -0.3 is 238 Å². The van der Waals surface area contributed by atoms with Crippen molar-refractivity contribution in [3.05, 3.63) is 0 Å². The maximum absolute atomic E-state index is 12.6. The van der Waals surface area contributed by atoms with Gasteiger partial charge in [0.25, 0.3) is 0 Å². The number of methoxy groups -OCH3 is 8. The van der Waals surface area contributed by atoms with E-state index in [1.807, 2.05) is 0 Å². The number of rotatable bonds is 40. The third-order valence-corrected chi connectivity index (χ3v) is 22.3. The molecule has 0 radical (unpaired) electrons. The number of carbonyl (C=O) groups is 8. The summed E-state index contributed by atoms with van der Waals surface area (Å²) in [6.45, 7) is -13.3. The highest BCUT2D eigenvalue weighted by atomic mass is 16.8. The highest BCUT2D eigenvalue weighted by Crippen LogP contribution is 2.44. The molecular weight excluding hydrogens is 1740 g/mol. The van der Waals surface area contributed by atoms with Gasteiger partial charge in [-0.2, -0.15) is 0 Å². The molecule has 30 heterocycles. The van der Waals surface area contributed by atoms with Crippen LogP contribution in [0.15, 0.2) is 0 Å². The minimum absolute atomic E-state index is 0.543. The fraction of sp³-hybridized carbons (Fsp3) is 0.889. The Bertz CT molecular complexity index is 2830. The first-order valence-electron chi connectivity index (χ1n) is 40.3. The summed E-state index contributed by atoms with van der Waals surface area (Å²) < 4.78 is 204. The molecule has 0 aromatic carbocycles. The van der Waals surface area contributed by atoms with Crippen molar-refractivity contribution in [3.63, 3.8) is 0 Å². The molecule has 56 heteroatoms. The zero-order valence-electron chi connectivity index (χ0n) is 70.9. The molecule has 0 aromatic rings. The predicted octanol–water partition coefficient (Wildman–Crippen LogP) is -11.6. The number of ether oxygens (including phenoxy) is 32. The second-order valence-electron chi connectivity index (χ2n) is 30.0. The first kappa shape index (κ1) is 106. The van der Waals surface area contributed by atoms with E-state index < -0.39 is 399 Å². The monoisotopic (exact) mass is 1860 g/mol. The van der Waals surface area contributed by atoms with Crippen LogP contribution in [-0.4, -0.2) is 496 Å². The van der Waals surface area contributed by atoms with Crippen molar-refractivity contribution in [2.75, 3.05) is 162 Å². The van der Waals surface area contributed by atoms with E-state index in [1.54, 1.807) is 0 Å². The molecule has 30 saturated heterocycles. The van der Waals surface area contributed by atoms with E-state index in [0.29, 0.717) is 0 Å². The fourth-order valence-electron chi connectivity index (χ4n) is 16.9. The van der Waals surface area contributed by atoms with Crippen molar-refractivity contribution >= 4 is 47.8 Å². The zero-order chi connectivity index (χ0) is 93.7. The predicted molar refractivity (Wildman–Crippen MR) is 406 cm³/mol. The van der Waals surface area contributed by atoms with Gasteiger partial charge in [-0.1, -0.05) is 0 Å². The van der Waals surface area contributed by atoms with Crippen LogP contribution >= 0.6 is 0 Å². The third kappa shape index (κ3) is 25.6. The minimum atomic E-state index is -1.88. The van der Waals surface area contributed by atoms with Crippen LogP contribution < -0.4 is 45.9 Å². The van der Waals surface area contributed by atoms with E-state index in [4.69, 9.17) is 197 Å². The maximum Gasteiger partial charge on any atom is 0.329 e. The van der Waals surface area contributed by atoms with Crippen LogP contribution in [0, 0.1) is 0 Å². The third-order valence-electron chi connectivity index (χ3n) is 22.3. The molecule has 128 heavy (non-hydrogen) atoms. The lowest BCUT2D eigenvalue weighted by atomic mass is 9.93. The Morgan fingerprint density at radius 2 is 0.273 bits per heavy atom. The lowest BCUT2D eigenvalue weighted by Crippen LogP contribution is -2.71. The Hall–Kier alpha value is -5.84. The van der Waals surface area contributed by atoms with Gasteiger partial charge in [0.1, 0.15) is 248 Å². The highest BCUT2D eigenvalue weighted by molar-refractivity contribution is 5.70. The van der Waals surface area contributed by atoms with Crippen molar-refractivity contribution in [3.8, 4) is 0 Å². The molecular formula is C72H120N8O48. The number of hydrogen-bond acceptors (Lipinski definition) is 48. The first-order valence-corrected chi connectivity index (χ1v) is 40.3. The van der Waals surface area contributed by atoms with Crippen LogP contribution in [0.3, 0.4) is 0 Å². The molecule has 30 rings (SSSR count). The molecule has 0 amide bonds. The topological polar surface area (TPSA) is 802 Å². The average molecular weight is 1870 g/mol. The molecule has 30 fully saturated rings. The summed E-state index contributed by atoms with van der Waals surface area (Å²) >= 11 is 0. The van der Waals surface area contributed by atoms with Crippen LogP contribution in [0.2, 0.25) is 0 Å². The molecule has 0 aromatic heterocycles. The van der Waals surface area contributed by atoms with Gasteiger partial charge in [-0.15, -0.1) is 0 Å². The summed E-state index contributed by atoms with van der Waals surface area (Å²) in [7, 11) is 9.17. The van der Waals surface area contributed by atoms with Gasteiger partial charge in [-0.25, -0.2) is 38.4 Å². The first-order chi connectivity index (χ1) is 61.3. The van der Waals surface area contributed by atoms with E-state index in [2.05, 4.69) is 0 Å². The highest BCUT2D eigenvalue weighted by Gasteiger charge is 2.64. The van der Waals surface area contributed by atoms with Crippen LogP contribution in [-0.2, 0) is 190 Å². The molecule has 30 aliphatic heterocycles. The standard InChI is InChI=1S/C72H120N8O48/c1-97-49-41-25(9-73)113-65(57(49)105-17-33(81)82)122-42-26(10-74)115-67(59(50(42)98-2)107-19-35(85)86)124-44-28(12-76)117-69(61(52(44)100-4)109-21-37(89)90)126-46-30(14-78)119-71(63(54(46)102-6)111-23-39(93)94)128-48-32(16-80)120-72(64(56(48)104-8)112-24-40(95)96)127-47-31(15-79)118-70(62(55(47)103-7)110-22-38(91)92)125-45-29(13-77)116-68(60(53(45)101-5)108-20-36(87)88)123-43-27(11-75)114-66(121-41)58(51(43)99-3)106-18-34(83)84/h25-32,41-72H,9-24,73-80H2,1-8H3,(H,81,82)(H,83,84)(H,85,86)(H,87,88)(H,89,90)(H,91,92)(H,93,94)(H,95,96)/t25-,26-,27-,28-,29-,30-,31-,32-,41-,42-,43-,44-,45-,46-,47-,48-,49-,50-,51-,52-,53+,54+,55+,56+,57-,58-,59-,60-,61-,62-,63-,64-,65-,66-,67-,68-,69-,70-,71-,72-/m1/s1. The van der Waals surface area contributed by atoms with E-state index in [-0.39, 0.29) is 0 Å². The van der Waals surface area contributed by atoms with E-state index >= 15 is 0 Å². The smallest absolute Gasteiger partial charge is 0.329 e. The number of nitrogens with two attached hydrogens (primary N) is 8. The molecule has 40 atom stereocenters. The van der Waals surface area contributed by atoms with Crippen molar-refractivity contribution in [1.82, 2.24) is 0 Å². The quantitative estimate of drug-likeness (QED) is 0.0271. The normalized spacial score (nSPS) is 41.5. The van der Waals surface area contributed by atoms with Crippen LogP contribution in [0.1, 0.15) is 0 Å². The molecule has 736 valence electrons. The molecule has 56 nitrogen and oxygen atoms in total. The van der Waals surface area contributed by atoms with Gasteiger partial charge in [0.15, 0.2) is 50.3 Å². The van der Waals surface area contributed by atoms with Crippen LogP contribution in [0.4, 0.5) is 0 Å². The van der Waals surface area contributed by atoms with Gasteiger partial charge in [0.05, 0.1) is 0 Å². The largest absolute Gasteiger partial charge is 0.480 e. The molecule has 16 bridgehead atoms. The average Bonchev–Trinajstić information content (AvgIpc) is 0.759. The number of carboxylic acid groups (broad SMARTS) is 8. The summed E-state index contributed by atoms with van der Waals surface area (Å²) in [5, 5.41) is 81.8. The second-order valence-corrected chi connectivity index (χ2v) is 30.0. The second kappa shape index (κ2) is 50.5.